The van der Waals surface area contributed by atoms with Crippen LogP contribution >= 0.6 is 0 Å². The first kappa shape index (κ1) is 16.8. The molecule has 0 spiro atoms. The Morgan fingerprint density at radius 3 is 2.35 bits per heavy atom. The van der Waals surface area contributed by atoms with Gasteiger partial charge in [0.25, 0.3) is 0 Å². The fourth-order valence-corrected chi connectivity index (χ4v) is 3.49. The van der Waals surface area contributed by atoms with Crippen LogP contribution in [0, 0.1) is 17.6 Å². The minimum Gasteiger partial charge on any atom is -0.341 e. The molecule has 1 aliphatic heterocycles. The number of benzene rings is 2. The second-order valence-corrected chi connectivity index (χ2v) is 6.65. The molecular formula is C20H20F2N4. The van der Waals surface area contributed by atoms with E-state index in [0.29, 0.717) is 35.0 Å². The van der Waals surface area contributed by atoms with Gasteiger partial charge in [0.1, 0.15) is 11.6 Å². The van der Waals surface area contributed by atoms with Crippen molar-refractivity contribution in [1.29, 1.82) is 0 Å². The molecule has 0 atom stereocenters. The van der Waals surface area contributed by atoms with Gasteiger partial charge in [0.2, 0.25) is 5.95 Å². The van der Waals surface area contributed by atoms with E-state index in [9.17, 15) is 8.78 Å². The number of nitrogens with two attached hydrogens (primary N) is 1. The number of nitrogens with zero attached hydrogens (tertiary/aromatic N) is 3. The maximum absolute atomic E-state index is 14.4. The zero-order chi connectivity index (χ0) is 18.1. The highest BCUT2D eigenvalue weighted by Crippen LogP contribution is 2.32. The van der Waals surface area contributed by atoms with Gasteiger partial charge in [-0.1, -0.05) is 24.3 Å². The highest BCUT2D eigenvalue weighted by molar-refractivity contribution is 5.93. The van der Waals surface area contributed by atoms with E-state index >= 15 is 0 Å². The van der Waals surface area contributed by atoms with Crippen molar-refractivity contribution in [1.82, 2.24) is 9.97 Å². The van der Waals surface area contributed by atoms with Gasteiger partial charge in [-0.25, -0.2) is 18.7 Å². The fraction of sp³-hybridized carbons (Fsp3) is 0.300. The maximum Gasteiger partial charge on any atom is 0.226 e. The van der Waals surface area contributed by atoms with Gasteiger partial charge < -0.3 is 10.6 Å². The normalized spacial score (nSPS) is 15.6. The molecule has 4 rings (SSSR count). The van der Waals surface area contributed by atoms with E-state index in [1.165, 1.54) is 18.2 Å². The van der Waals surface area contributed by atoms with E-state index < -0.39 is 11.6 Å². The van der Waals surface area contributed by atoms with Gasteiger partial charge >= 0.3 is 0 Å². The molecule has 4 nitrogen and oxygen atoms in total. The first-order valence-electron chi connectivity index (χ1n) is 8.83. The van der Waals surface area contributed by atoms with Crippen molar-refractivity contribution in [2.75, 3.05) is 24.5 Å². The average molecular weight is 354 g/mol. The van der Waals surface area contributed by atoms with Gasteiger partial charge in [-0.15, -0.1) is 0 Å². The number of anilines is 1. The van der Waals surface area contributed by atoms with Gasteiger partial charge in [0, 0.05) is 18.5 Å². The molecule has 3 aromatic rings. The minimum absolute atomic E-state index is 0.107. The Labute approximate surface area is 150 Å². The SMILES string of the molecule is NCC1CCN(c2nc(-c3c(F)cccc3F)c3ccccc3n2)CC1. The van der Waals surface area contributed by atoms with Crippen LogP contribution in [0.5, 0.6) is 0 Å². The quantitative estimate of drug-likeness (QED) is 0.778. The van der Waals surface area contributed by atoms with Gasteiger partial charge in [-0.3, -0.25) is 0 Å². The predicted octanol–water partition coefficient (Wildman–Crippen LogP) is 3.75. The molecule has 0 aliphatic carbocycles. The van der Waals surface area contributed by atoms with Crippen LogP contribution in [-0.4, -0.2) is 29.6 Å². The maximum atomic E-state index is 14.4. The van der Waals surface area contributed by atoms with Crippen molar-refractivity contribution in [3.05, 3.63) is 54.1 Å². The van der Waals surface area contributed by atoms with E-state index in [2.05, 4.69) is 14.9 Å². The third-order valence-corrected chi connectivity index (χ3v) is 5.02. The lowest BCUT2D eigenvalue weighted by Crippen LogP contribution is -2.37. The Morgan fingerprint density at radius 2 is 1.65 bits per heavy atom. The van der Waals surface area contributed by atoms with Crippen LogP contribution in [0.15, 0.2) is 42.5 Å². The topological polar surface area (TPSA) is 55.0 Å². The van der Waals surface area contributed by atoms with Crippen molar-refractivity contribution in [2.45, 2.75) is 12.8 Å². The fourth-order valence-electron chi connectivity index (χ4n) is 3.49. The standard InChI is InChI=1S/C20H20F2N4/c21-15-5-3-6-16(22)18(15)19-14-4-1-2-7-17(14)24-20(25-19)26-10-8-13(12-23)9-11-26/h1-7,13H,8-12,23H2. The number of hydrogen-bond donors (Lipinski definition) is 1. The number of hydrogen-bond acceptors (Lipinski definition) is 4. The minimum atomic E-state index is -0.623. The van der Waals surface area contributed by atoms with Crippen molar-refractivity contribution >= 4 is 16.9 Å². The van der Waals surface area contributed by atoms with Crippen LogP contribution in [0.3, 0.4) is 0 Å². The molecule has 1 saturated heterocycles. The Morgan fingerprint density at radius 1 is 0.962 bits per heavy atom. The molecule has 0 radical (unpaired) electrons. The second kappa shape index (κ2) is 6.96. The van der Waals surface area contributed by atoms with Crippen molar-refractivity contribution in [3.8, 4) is 11.3 Å². The largest absolute Gasteiger partial charge is 0.341 e. The average Bonchev–Trinajstić information content (AvgIpc) is 2.67. The van der Waals surface area contributed by atoms with Crippen LogP contribution in [0.2, 0.25) is 0 Å². The van der Waals surface area contributed by atoms with Crippen LogP contribution in [-0.2, 0) is 0 Å². The molecule has 2 N–H and O–H groups in total. The molecule has 2 aromatic carbocycles. The lowest BCUT2D eigenvalue weighted by Gasteiger charge is -2.31. The summed E-state index contributed by atoms with van der Waals surface area (Å²) in [7, 11) is 0. The zero-order valence-corrected chi connectivity index (χ0v) is 14.3. The van der Waals surface area contributed by atoms with E-state index in [1.54, 1.807) is 6.07 Å². The summed E-state index contributed by atoms with van der Waals surface area (Å²) in [6.07, 6.45) is 1.94. The molecule has 1 aromatic heterocycles. The Kier molecular flexibility index (Phi) is 4.51. The van der Waals surface area contributed by atoms with E-state index in [-0.39, 0.29) is 5.56 Å². The monoisotopic (exact) mass is 354 g/mol. The first-order chi connectivity index (χ1) is 12.7. The first-order valence-corrected chi connectivity index (χ1v) is 8.83. The molecule has 6 heteroatoms. The number of fused-ring (bicyclic) bond motifs is 1. The van der Waals surface area contributed by atoms with Gasteiger partial charge in [0.05, 0.1) is 16.8 Å². The van der Waals surface area contributed by atoms with Crippen molar-refractivity contribution in [3.63, 3.8) is 0 Å². The summed E-state index contributed by atoms with van der Waals surface area (Å²) < 4.78 is 28.8. The van der Waals surface area contributed by atoms with E-state index in [0.717, 1.165) is 25.9 Å². The third-order valence-electron chi connectivity index (χ3n) is 5.02. The molecular weight excluding hydrogens is 334 g/mol. The van der Waals surface area contributed by atoms with Gasteiger partial charge in [-0.05, 0) is 43.5 Å². The third kappa shape index (κ3) is 3.01. The van der Waals surface area contributed by atoms with Crippen molar-refractivity contribution < 1.29 is 8.78 Å². The zero-order valence-electron chi connectivity index (χ0n) is 14.3. The molecule has 0 bridgehead atoms. The molecule has 1 aliphatic rings. The van der Waals surface area contributed by atoms with E-state index in [1.807, 2.05) is 18.2 Å². The van der Waals surface area contributed by atoms with Crippen LogP contribution < -0.4 is 10.6 Å². The summed E-state index contributed by atoms with van der Waals surface area (Å²) in [4.78, 5) is 11.3. The summed E-state index contributed by atoms with van der Waals surface area (Å²) in [5.74, 6) is -0.227. The molecule has 2 heterocycles. The van der Waals surface area contributed by atoms with Crippen LogP contribution in [0.1, 0.15) is 12.8 Å². The Hall–Kier alpha value is -2.60. The number of piperidine rings is 1. The molecule has 0 unspecified atom stereocenters. The number of halogens is 2. The van der Waals surface area contributed by atoms with Gasteiger partial charge in [0.15, 0.2) is 0 Å². The van der Waals surface area contributed by atoms with E-state index in [4.69, 9.17) is 5.73 Å². The summed E-state index contributed by atoms with van der Waals surface area (Å²) in [6, 6.07) is 11.2. The number of aromatic nitrogens is 2. The summed E-state index contributed by atoms with van der Waals surface area (Å²) in [5.41, 5.74) is 6.63. The van der Waals surface area contributed by atoms with Crippen LogP contribution in [0.25, 0.3) is 22.2 Å². The summed E-state index contributed by atoms with van der Waals surface area (Å²) >= 11 is 0. The molecule has 26 heavy (non-hydrogen) atoms. The van der Waals surface area contributed by atoms with Gasteiger partial charge in [-0.2, -0.15) is 0 Å². The number of para-hydroxylation sites is 1. The lowest BCUT2D eigenvalue weighted by molar-refractivity contribution is 0.411. The van der Waals surface area contributed by atoms with Crippen LogP contribution in [0.4, 0.5) is 14.7 Å². The Bertz CT molecular complexity index is 916. The summed E-state index contributed by atoms with van der Waals surface area (Å²) in [6.45, 7) is 2.26. The molecule has 1 fully saturated rings. The lowest BCUT2D eigenvalue weighted by atomic mass is 9.97. The smallest absolute Gasteiger partial charge is 0.226 e. The highest BCUT2D eigenvalue weighted by atomic mass is 19.1. The molecule has 0 saturated carbocycles. The van der Waals surface area contributed by atoms with Crippen molar-refractivity contribution in [2.24, 2.45) is 11.7 Å². The Balaban J connectivity index is 1.85. The predicted molar refractivity (Wildman–Crippen MR) is 98.9 cm³/mol. The number of rotatable bonds is 3. The molecule has 134 valence electrons. The molecule has 0 amide bonds. The highest BCUT2D eigenvalue weighted by Gasteiger charge is 2.23. The second-order valence-electron chi connectivity index (χ2n) is 6.65. The summed E-state index contributed by atoms with van der Waals surface area (Å²) in [5, 5.41) is 0.636.